The van der Waals surface area contributed by atoms with Crippen LogP contribution in [0.1, 0.15) is 24.5 Å². The average molecular weight is 346 g/mol. The molecule has 6 nitrogen and oxygen atoms in total. The van der Waals surface area contributed by atoms with Gasteiger partial charge in [-0.3, -0.25) is 4.98 Å². The van der Waals surface area contributed by atoms with Crippen molar-refractivity contribution in [2.24, 2.45) is 0 Å². The molecule has 0 bridgehead atoms. The van der Waals surface area contributed by atoms with E-state index in [2.05, 4.69) is 22.1 Å². The van der Waals surface area contributed by atoms with Crippen LogP contribution in [0.3, 0.4) is 0 Å². The van der Waals surface area contributed by atoms with Crippen LogP contribution >= 0.6 is 0 Å². The highest BCUT2D eigenvalue weighted by Gasteiger charge is 2.18. The lowest BCUT2D eigenvalue weighted by Gasteiger charge is -2.21. The topological polar surface area (TPSA) is 87.1 Å². The van der Waals surface area contributed by atoms with Crippen LogP contribution in [-0.2, 0) is 4.74 Å². The molecule has 1 saturated heterocycles. The van der Waals surface area contributed by atoms with E-state index in [-0.39, 0.29) is 6.01 Å². The fourth-order valence-corrected chi connectivity index (χ4v) is 3.52. The lowest BCUT2D eigenvalue weighted by molar-refractivity contribution is 0.0845. The molecule has 0 unspecified atom stereocenters. The summed E-state index contributed by atoms with van der Waals surface area (Å²) in [6.45, 7) is 1.59. The number of nitrogen functional groups attached to an aromatic ring is 1. The van der Waals surface area contributed by atoms with Crippen molar-refractivity contribution in [3.63, 3.8) is 0 Å². The quantitative estimate of drug-likeness (QED) is 0.592. The lowest BCUT2D eigenvalue weighted by atomic mass is 9.96. The first-order valence-electron chi connectivity index (χ1n) is 8.77. The second-order valence-corrected chi connectivity index (χ2v) is 6.62. The smallest absolute Gasteiger partial charge is 0.292 e. The summed E-state index contributed by atoms with van der Waals surface area (Å²) >= 11 is 0. The number of hydrogen-bond acceptors (Lipinski definition) is 6. The third-order valence-corrected chi connectivity index (χ3v) is 4.94. The van der Waals surface area contributed by atoms with Crippen LogP contribution in [0, 0.1) is 0 Å². The number of anilines is 1. The molecule has 1 aliphatic rings. The Morgan fingerprint density at radius 2 is 1.65 bits per heavy atom. The maximum absolute atomic E-state index is 5.64. The molecule has 26 heavy (non-hydrogen) atoms. The molecule has 2 aromatic heterocycles. The number of nitrogens with two attached hydrogens (primary N) is 1. The number of fused-ring (bicyclic) bond motifs is 2. The Kier molecular flexibility index (Phi) is 3.57. The highest BCUT2D eigenvalue weighted by atomic mass is 16.5. The number of nitrogens with zero attached hydrogens (tertiary/aromatic N) is 3. The average Bonchev–Trinajstić information content (AvgIpc) is 3.07. The Bertz CT molecular complexity index is 1100. The molecule has 0 aliphatic carbocycles. The van der Waals surface area contributed by atoms with E-state index in [1.54, 1.807) is 0 Å². The second-order valence-electron chi connectivity index (χ2n) is 6.62. The molecule has 4 aromatic rings. The molecule has 1 aliphatic heterocycles. The van der Waals surface area contributed by atoms with E-state index in [0.717, 1.165) is 59.4 Å². The third-order valence-electron chi connectivity index (χ3n) is 4.94. The number of rotatable bonds is 2. The molecule has 5 rings (SSSR count). The maximum atomic E-state index is 5.64. The van der Waals surface area contributed by atoms with Gasteiger partial charge in [-0.1, -0.05) is 12.1 Å². The van der Waals surface area contributed by atoms with Crippen molar-refractivity contribution in [1.82, 2.24) is 15.0 Å². The van der Waals surface area contributed by atoms with Gasteiger partial charge in [0.05, 0.1) is 16.7 Å². The summed E-state index contributed by atoms with van der Waals surface area (Å²) < 4.78 is 10.8. The highest BCUT2D eigenvalue weighted by Crippen LogP contribution is 2.29. The zero-order chi connectivity index (χ0) is 17.5. The van der Waals surface area contributed by atoms with E-state index in [1.165, 1.54) is 0 Å². The van der Waals surface area contributed by atoms with Gasteiger partial charge in [-0.05, 0) is 48.2 Å². The van der Waals surface area contributed by atoms with E-state index in [9.17, 15) is 0 Å². The molecular weight excluding hydrogens is 328 g/mol. The molecule has 6 heteroatoms. The predicted molar refractivity (Wildman–Crippen MR) is 99.7 cm³/mol. The van der Waals surface area contributed by atoms with Gasteiger partial charge < -0.3 is 14.9 Å². The van der Waals surface area contributed by atoms with Gasteiger partial charge in [0.15, 0.2) is 5.58 Å². The molecule has 130 valence electrons. The van der Waals surface area contributed by atoms with Crippen molar-refractivity contribution in [3.05, 3.63) is 48.3 Å². The summed E-state index contributed by atoms with van der Waals surface area (Å²) in [4.78, 5) is 13.7. The Labute approximate surface area is 150 Å². The second kappa shape index (κ2) is 6.07. The van der Waals surface area contributed by atoms with Crippen molar-refractivity contribution in [1.29, 1.82) is 0 Å². The molecule has 0 amide bonds. The maximum Gasteiger partial charge on any atom is 0.292 e. The fourth-order valence-electron chi connectivity index (χ4n) is 3.52. The zero-order valence-electron chi connectivity index (χ0n) is 14.2. The molecule has 1 fully saturated rings. The zero-order valence-corrected chi connectivity index (χ0v) is 14.2. The van der Waals surface area contributed by atoms with Gasteiger partial charge in [-0.2, -0.15) is 4.98 Å². The molecule has 0 radical (unpaired) electrons. The lowest BCUT2D eigenvalue weighted by Crippen LogP contribution is -2.15. The normalized spacial score (nSPS) is 15.7. The Morgan fingerprint density at radius 1 is 0.885 bits per heavy atom. The standard InChI is InChI=1S/C20H18N4O2/c21-20-24-17-10-14(2-4-19(17)26-20)13-1-3-15-16(9-13)23-18(11-22-15)12-5-7-25-8-6-12/h1-4,9-12H,5-8H2,(H2,21,24). The first kappa shape index (κ1) is 15.3. The van der Waals surface area contributed by atoms with Gasteiger partial charge in [-0.15, -0.1) is 0 Å². The molecule has 0 saturated carbocycles. The minimum atomic E-state index is 0.183. The number of hydrogen-bond donors (Lipinski definition) is 1. The van der Waals surface area contributed by atoms with Gasteiger partial charge in [0.2, 0.25) is 0 Å². The molecule has 2 N–H and O–H groups in total. The number of oxazole rings is 1. The first-order valence-corrected chi connectivity index (χ1v) is 8.77. The minimum absolute atomic E-state index is 0.183. The Morgan fingerprint density at radius 3 is 2.50 bits per heavy atom. The SMILES string of the molecule is Nc1nc2cc(-c3ccc4ncc(C5CCOCC5)nc4c3)ccc2o1. The minimum Gasteiger partial charge on any atom is -0.424 e. The van der Waals surface area contributed by atoms with Crippen LogP contribution in [0.2, 0.25) is 0 Å². The first-order chi connectivity index (χ1) is 12.8. The molecule has 0 atom stereocenters. The fraction of sp³-hybridized carbons (Fsp3) is 0.250. The van der Waals surface area contributed by atoms with Crippen LogP contribution in [0.25, 0.3) is 33.3 Å². The van der Waals surface area contributed by atoms with Crippen molar-refractivity contribution < 1.29 is 9.15 Å². The van der Waals surface area contributed by atoms with E-state index in [4.69, 9.17) is 19.9 Å². The van der Waals surface area contributed by atoms with E-state index < -0.39 is 0 Å². The van der Waals surface area contributed by atoms with Crippen molar-refractivity contribution in [2.45, 2.75) is 18.8 Å². The van der Waals surface area contributed by atoms with Crippen LogP contribution in [-0.4, -0.2) is 28.2 Å². The van der Waals surface area contributed by atoms with Gasteiger partial charge >= 0.3 is 0 Å². The summed E-state index contributed by atoms with van der Waals surface area (Å²) in [5, 5.41) is 0. The predicted octanol–water partition coefficient (Wildman–Crippen LogP) is 3.91. The Balaban J connectivity index is 1.56. The van der Waals surface area contributed by atoms with Crippen LogP contribution in [0.5, 0.6) is 0 Å². The summed E-state index contributed by atoms with van der Waals surface area (Å²) in [6.07, 6.45) is 3.91. The van der Waals surface area contributed by atoms with Crippen LogP contribution < -0.4 is 5.73 Å². The number of aromatic nitrogens is 3. The summed E-state index contributed by atoms with van der Waals surface area (Å²) in [7, 11) is 0. The summed E-state index contributed by atoms with van der Waals surface area (Å²) in [6, 6.07) is 12.2. The monoisotopic (exact) mass is 346 g/mol. The van der Waals surface area contributed by atoms with Crippen molar-refractivity contribution >= 4 is 28.1 Å². The van der Waals surface area contributed by atoms with Gasteiger partial charge in [0, 0.05) is 25.3 Å². The molecule has 0 spiro atoms. The summed E-state index contributed by atoms with van der Waals surface area (Å²) in [5.74, 6) is 0.429. The van der Waals surface area contributed by atoms with Crippen LogP contribution in [0.15, 0.2) is 47.0 Å². The molecule has 3 heterocycles. The van der Waals surface area contributed by atoms with Gasteiger partial charge in [-0.25, -0.2) is 4.98 Å². The van der Waals surface area contributed by atoms with E-state index in [0.29, 0.717) is 11.5 Å². The largest absolute Gasteiger partial charge is 0.424 e. The summed E-state index contributed by atoms with van der Waals surface area (Å²) in [5.41, 5.74) is 12.1. The van der Waals surface area contributed by atoms with E-state index >= 15 is 0 Å². The highest BCUT2D eigenvalue weighted by molar-refractivity contribution is 5.85. The van der Waals surface area contributed by atoms with Gasteiger partial charge in [0.1, 0.15) is 5.52 Å². The number of ether oxygens (including phenoxy) is 1. The van der Waals surface area contributed by atoms with Crippen molar-refractivity contribution in [2.75, 3.05) is 18.9 Å². The van der Waals surface area contributed by atoms with Crippen LogP contribution in [0.4, 0.5) is 6.01 Å². The Hall–Kier alpha value is -2.99. The van der Waals surface area contributed by atoms with E-state index in [1.807, 2.05) is 30.5 Å². The third kappa shape index (κ3) is 2.68. The number of benzene rings is 2. The molecular formula is C20H18N4O2. The van der Waals surface area contributed by atoms with Gasteiger partial charge in [0.25, 0.3) is 6.01 Å². The molecule has 2 aromatic carbocycles. The van der Waals surface area contributed by atoms with Crippen molar-refractivity contribution in [3.8, 4) is 11.1 Å².